The van der Waals surface area contributed by atoms with Crippen molar-refractivity contribution < 1.29 is 4.79 Å². The molecule has 0 saturated heterocycles. The average Bonchev–Trinajstić information content (AvgIpc) is 2.04. The summed E-state index contributed by atoms with van der Waals surface area (Å²) in [7, 11) is 0. The molecule has 13 heavy (non-hydrogen) atoms. The lowest BCUT2D eigenvalue weighted by Crippen LogP contribution is -2.03. The van der Waals surface area contributed by atoms with Gasteiger partial charge in [-0.25, -0.2) is 0 Å². The standard InChI is InChI=1S/C11H18OS/c1-4-5-6-7-11(12)9-13-8-10(2)3/h10H,6-9H2,1-3H3. The molecule has 0 radical (unpaired) electrons. The second-order valence-electron chi connectivity index (χ2n) is 3.37. The Morgan fingerprint density at radius 2 is 2.15 bits per heavy atom. The van der Waals surface area contributed by atoms with E-state index in [1.165, 1.54) is 0 Å². The number of hydrogen-bond acceptors (Lipinski definition) is 2. The van der Waals surface area contributed by atoms with E-state index in [-0.39, 0.29) is 0 Å². The molecule has 2 heteroatoms. The normalized spacial score (nSPS) is 9.54. The third kappa shape index (κ3) is 9.49. The minimum atomic E-state index is 0.327. The Labute approximate surface area is 85.7 Å². The monoisotopic (exact) mass is 198 g/mol. The van der Waals surface area contributed by atoms with Gasteiger partial charge in [-0.3, -0.25) is 4.79 Å². The van der Waals surface area contributed by atoms with Gasteiger partial charge in [0.2, 0.25) is 0 Å². The third-order valence-electron chi connectivity index (χ3n) is 1.42. The number of rotatable bonds is 6. The maximum Gasteiger partial charge on any atom is 0.143 e. The van der Waals surface area contributed by atoms with E-state index < -0.39 is 0 Å². The maximum atomic E-state index is 11.2. The number of thioether (sulfide) groups is 1. The molecule has 0 aliphatic carbocycles. The van der Waals surface area contributed by atoms with Gasteiger partial charge in [0, 0.05) is 12.8 Å². The molecule has 0 rings (SSSR count). The van der Waals surface area contributed by atoms with Crippen molar-refractivity contribution in [3.63, 3.8) is 0 Å². The van der Waals surface area contributed by atoms with E-state index in [4.69, 9.17) is 0 Å². The fraction of sp³-hybridized carbons (Fsp3) is 0.727. The molecule has 0 aliphatic rings. The first kappa shape index (κ1) is 12.6. The van der Waals surface area contributed by atoms with Crippen molar-refractivity contribution in [2.45, 2.75) is 33.6 Å². The van der Waals surface area contributed by atoms with E-state index in [0.717, 1.165) is 12.2 Å². The highest BCUT2D eigenvalue weighted by molar-refractivity contribution is 7.99. The van der Waals surface area contributed by atoms with Gasteiger partial charge in [0.05, 0.1) is 5.75 Å². The van der Waals surface area contributed by atoms with Crippen molar-refractivity contribution in [3.05, 3.63) is 0 Å². The highest BCUT2D eigenvalue weighted by atomic mass is 32.2. The molecule has 0 N–H and O–H groups in total. The zero-order valence-corrected chi connectivity index (χ0v) is 9.54. The zero-order valence-electron chi connectivity index (χ0n) is 8.72. The van der Waals surface area contributed by atoms with E-state index in [1.807, 2.05) is 0 Å². The van der Waals surface area contributed by atoms with E-state index >= 15 is 0 Å². The van der Waals surface area contributed by atoms with Gasteiger partial charge >= 0.3 is 0 Å². The maximum absolute atomic E-state index is 11.2. The Morgan fingerprint density at radius 1 is 1.46 bits per heavy atom. The molecule has 0 atom stereocenters. The van der Waals surface area contributed by atoms with Crippen LogP contribution in [0.2, 0.25) is 0 Å². The summed E-state index contributed by atoms with van der Waals surface area (Å²) in [5.74, 6) is 8.42. The van der Waals surface area contributed by atoms with Gasteiger partial charge in [-0.2, -0.15) is 11.8 Å². The molecule has 0 aliphatic heterocycles. The second kappa shape index (κ2) is 8.19. The lowest BCUT2D eigenvalue weighted by atomic mass is 10.2. The first-order valence-electron chi connectivity index (χ1n) is 4.66. The molecule has 0 fully saturated rings. The SMILES string of the molecule is CC#CCCC(=O)CSCC(C)C. The lowest BCUT2D eigenvalue weighted by molar-refractivity contribution is -0.116. The lowest BCUT2D eigenvalue weighted by Gasteiger charge is -2.02. The number of Topliss-reactive ketones (excluding diaryl/α,β-unsaturated/α-hetero) is 1. The third-order valence-corrected chi connectivity index (χ3v) is 2.85. The molecule has 74 valence electrons. The first-order valence-corrected chi connectivity index (χ1v) is 5.81. The predicted molar refractivity (Wildman–Crippen MR) is 59.9 cm³/mol. The van der Waals surface area contributed by atoms with Crippen molar-refractivity contribution in [2.75, 3.05) is 11.5 Å². The Morgan fingerprint density at radius 3 is 2.69 bits per heavy atom. The number of carbonyl (C=O) groups excluding carboxylic acids is 1. The fourth-order valence-corrected chi connectivity index (χ4v) is 1.77. The average molecular weight is 198 g/mol. The summed E-state index contributed by atoms with van der Waals surface area (Å²) in [6.07, 6.45) is 1.34. The summed E-state index contributed by atoms with van der Waals surface area (Å²) in [6.45, 7) is 6.14. The summed E-state index contributed by atoms with van der Waals surface area (Å²) in [5, 5.41) is 0. The summed E-state index contributed by atoms with van der Waals surface area (Å²) >= 11 is 1.73. The van der Waals surface area contributed by atoms with Crippen molar-refractivity contribution in [1.82, 2.24) is 0 Å². The van der Waals surface area contributed by atoms with Crippen LogP contribution < -0.4 is 0 Å². The molecule has 0 aromatic carbocycles. The summed E-state index contributed by atoms with van der Waals surface area (Å²) in [6, 6.07) is 0. The summed E-state index contributed by atoms with van der Waals surface area (Å²) < 4.78 is 0. The fourth-order valence-electron chi connectivity index (χ4n) is 0.808. The van der Waals surface area contributed by atoms with Gasteiger partial charge in [-0.05, 0) is 18.6 Å². The number of carbonyl (C=O) groups is 1. The van der Waals surface area contributed by atoms with Crippen molar-refractivity contribution in [1.29, 1.82) is 0 Å². The Hall–Kier alpha value is -0.420. The van der Waals surface area contributed by atoms with Crippen LogP contribution in [0, 0.1) is 17.8 Å². The minimum absolute atomic E-state index is 0.327. The quantitative estimate of drug-likeness (QED) is 0.610. The van der Waals surface area contributed by atoms with Crippen LogP contribution in [0.5, 0.6) is 0 Å². The smallest absolute Gasteiger partial charge is 0.143 e. The Kier molecular flexibility index (Phi) is 7.93. The van der Waals surface area contributed by atoms with Gasteiger partial charge in [0.1, 0.15) is 5.78 Å². The van der Waals surface area contributed by atoms with Crippen LogP contribution in [0.15, 0.2) is 0 Å². The van der Waals surface area contributed by atoms with Gasteiger partial charge < -0.3 is 0 Å². The van der Waals surface area contributed by atoms with Gasteiger partial charge in [0.25, 0.3) is 0 Å². The molecule has 0 amide bonds. The summed E-state index contributed by atoms with van der Waals surface area (Å²) in [4.78, 5) is 11.2. The topological polar surface area (TPSA) is 17.1 Å². The van der Waals surface area contributed by atoms with E-state index in [1.54, 1.807) is 18.7 Å². The van der Waals surface area contributed by atoms with Crippen molar-refractivity contribution in [2.24, 2.45) is 5.92 Å². The van der Waals surface area contributed by atoms with Gasteiger partial charge in [-0.15, -0.1) is 11.8 Å². The molecule has 0 heterocycles. The van der Waals surface area contributed by atoms with Crippen LogP contribution in [0.4, 0.5) is 0 Å². The van der Waals surface area contributed by atoms with Crippen LogP contribution in [0.25, 0.3) is 0 Å². The van der Waals surface area contributed by atoms with Crippen LogP contribution in [0.1, 0.15) is 33.6 Å². The molecule has 1 nitrogen and oxygen atoms in total. The largest absolute Gasteiger partial charge is 0.299 e. The molecule has 0 bridgehead atoms. The van der Waals surface area contributed by atoms with E-state index in [9.17, 15) is 4.79 Å². The molecule has 0 aromatic heterocycles. The highest BCUT2D eigenvalue weighted by Crippen LogP contribution is 2.08. The van der Waals surface area contributed by atoms with E-state index in [2.05, 4.69) is 25.7 Å². The molecular formula is C11H18OS. The van der Waals surface area contributed by atoms with Crippen LogP contribution in [-0.4, -0.2) is 17.3 Å². The zero-order chi connectivity index (χ0) is 10.1. The van der Waals surface area contributed by atoms with Crippen LogP contribution in [0.3, 0.4) is 0 Å². The number of ketones is 1. The van der Waals surface area contributed by atoms with Crippen LogP contribution in [-0.2, 0) is 4.79 Å². The Balaban J connectivity index is 3.34. The molecular weight excluding hydrogens is 180 g/mol. The Bertz CT molecular complexity index is 198. The molecule has 0 saturated carbocycles. The summed E-state index contributed by atoms with van der Waals surface area (Å²) in [5.41, 5.74) is 0. The van der Waals surface area contributed by atoms with Crippen molar-refractivity contribution in [3.8, 4) is 11.8 Å². The highest BCUT2D eigenvalue weighted by Gasteiger charge is 2.01. The van der Waals surface area contributed by atoms with Gasteiger partial charge in [-0.1, -0.05) is 13.8 Å². The van der Waals surface area contributed by atoms with Crippen molar-refractivity contribution >= 4 is 17.5 Å². The van der Waals surface area contributed by atoms with Gasteiger partial charge in [0.15, 0.2) is 0 Å². The molecule has 0 spiro atoms. The minimum Gasteiger partial charge on any atom is -0.299 e. The number of hydrogen-bond donors (Lipinski definition) is 0. The van der Waals surface area contributed by atoms with E-state index in [0.29, 0.717) is 23.9 Å². The second-order valence-corrected chi connectivity index (χ2v) is 4.40. The molecule has 0 aromatic rings. The predicted octanol–water partition coefficient (Wildman–Crippen LogP) is 2.75. The first-order chi connectivity index (χ1) is 6.16. The molecule has 0 unspecified atom stereocenters. The van der Waals surface area contributed by atoms with Crippen LogP contribution >= 0.6 is 11.8 Å².